The summed E-state index contributed by atoms with van der Waals surface area (Å²) in [6, 6.07) is -2.20. The molecule has 79 heavy (non-hydrogen) atoms. The summed E-state index contributed by atoms with van der Waals surface area (Å²) in [7, 11) is 0. The minimum atomic E-state index is -1.24. The summed E-state index contributed by atoms with van der Waals surface area (Å²) in [5, 5.41) is 10.7. The minimum absolute atomic E-state index is 0.0384. The first-order valence-electron chi connectivity index (χ1n) is 25.7. The fraction of sp³-hybridized carbons (Fsp3) is 0.796. The average Bonchev–Trinajstić information content (AvgIpc) is 3.38. The second kappa shape index (κ2) is 40.5. The van der Waals surface area contributed by atoms with Gasteiger partial charge in [-0.1, -0.05) is 0 Å². The molecule has 0 spiro atoms. The first-order valence-corrected chi connectivity index (χ1v) is 25.7. The second-order valence-corrected chi connectivity index (χ2v) is 17.4. The summed E-state index contributed by atoms with van der Waals surface area (Å²) >= 11 is 0. The van der Waals surface area contributed by atoms with Crippen LogP contribution in [0.5, 0.6) is 0 Å². The fourth-order valence-electron chi connectivity index (χ4n) is 7.46. The largest absolute Gasteiger partial charge is 0.463 e. The van der Waals surface area contributed by atoms with Crippen LogP contribution in [0.4, 0.5) is 0 Å². The Bertz CT molecular complexity index is 1770. The molecule has 4 unspecified atom stereocenters. The van der Waals surface area contributed by atoms with Gasteiger partial charge in [0.2, 0.25) is 23.6 Å². The molecule has 2 saturated heterocycles. The Morgan fingerprint density at radius 3 is 1.01 bits per heavy atom. The fourth-order valence-corrected chi connectivity index (χ4v) is 7.46. The average molecular weight is 1140 g/mol. The van der Waals surface area contributed by atoms with Crippen LogP contribution in [-0.4, -0.2) is 240 Å². The molecule has 0 radical (unpaired) electrons. The van der Waals surface area contributed by atoms with E-state index in [-0.39, 0.29) is 130 Å². The van der Waals surface area contributed by atoms with Crippen LogP contribution in [-0.2, 0) is 124 Å². The third-order valence-corrected chi connectivity index (χ3v) is 10.6. The second-order valence-electron chi connectivity index (χ2n) is 17.4. The van der Waals surface area contributed by atoms with Gasteiger partial charge in [-0.05, 0) is 6.42 Å². The van der Waals surface area contributed by atoms with Crippen molar-refractivity contribution in [2.24, 2.45) is 0 Å². The number of carbonyl (C=O) groups is 10. The van der Waals surface area contributed by atoms with E-state index in [0.29, 0.717) is 19.6 Å². The number of nitrogens with one attached hydrogen (secondary N) is 4. The molecule has 2 heterocycles. The lowest BCUT2D eigenvalue weighted by atomic mass is 9.96. The van der Waals surface area contributed by atoms with Crippen LogP contribution in [0.25, 0.3) is 0 Å². The van der Waals surface area contributed by atoms with E-state index in [1.54, 1.807) is 0 Å². The molecule has 2 fully saturated rings. The minimum Gasteiger partial charge on any atom is -0.463 e. The first kappa shape index (κ1) is 69.4. The lowest BCUT2D eigenvalue weighted by Gasteiger charge is -2.44. The smallest absolute Gasteiger partial charge is 0.303 e. The molecular weight excluding hydrogens is 1060 g/mol. The van der Waals surface area contributed by atoms with Gasteiger partial charge in [-0.3, -0.25) is 47.9 Å². The van der Waals surface area contributed by atoms with Gasteiger partial charge in [0.15, 0.2) is 37.0 Å². The molecule has 0 aromatic carbocycles. The Morgan fingerprint density at radius 2 is 0.684 bits per heavy atom. The molecule has 10 atom stereocenters. The van der Waals surface area contributed by atoms with Gasteiger partial charge in [0.1, 0.15) is 37.5 Å². The highest BCUT2D eigenvalue weighted by atomic mass is 16.7. The lowest BCUT2D eigenvalue weighted by Crippen LogP contribution is -2.66. The van der Waals surface area contributed by atoms with E-state index < -0.39 is 109 Å². The van der Waals surface area contributed by atoms with E-state index in [9.17, 15) is 47.9 Å². The molecule has 2 rings (SSSR count). The number of carbonyl (C=O) groups excluding carboxylic acids is 10. The SMILES string of the molecule is CC(=O)N[C@@H]1[C@H](OCCOCCOCCNC(=O)CCOCCCOCCC(=O)NCCOCCOCCO[C@@H]2OC(COC(C)=O)[C@H](OC(C)=O)C(OC(C)=O)[C@@H]2NC(C)=O)OC(COC(C)=O)C(OC(C)=O)[C@@H]1OC(C)=O. The molecule has 2 aliphatic heterocycles. The molecule has 30 heteroatoms. The zero-order chi connectivity index (χ0) is 58.5. The van der Waals surface area contributed by atoms with Gasteiger partial charge in [-0.25, -0.2) is 0 Å². The van der Waals surface area contributed by atoms with E-state index >= 15 is 0 Å². The van der Waals surface area contributed by atoms with Gasteiger partial charge in [-0.15, -0.1) is 0 Å². The maximum atomic E-state index is 12.2. The normalized spacial score (nSPS) is 22.5. The zero-order valence-electron chi connectivity index (χ0n) is 46.2. The molecule has 0 saturated carbocycles. The van der Waals surface area contributed by atoms with Crippen LogP contribution in [0.2, 0.25) is 0 Å². The van der Waals surface area contributed by atoms with Crippen molar-refractivity contribution in [3.63, 3.8) is 0 Å². The topological polar surface area (TPSA) is 366 Å². The van der Waals surface area contributed by atoms with Crippen LogP contribution in [0.1, 0.15) is 74.7 Å². The third kappa shape index (κ3) is 31.6. The van der Waals surface area contributed by atoms with Crippen molar-refractivity contribution in [3.05, 3.63) is 0 Å². The third-order valence-electron chi connectivity index (χ3n) is 10.6. The number of hydrogen-bond acceptors (Lipinski definition) is 26. The van der Waals surface area contributed by atoms with Crippen LogP contribution in [0.15, 0.2) is 0 Å². The van der Waals surface area contributed by atoms with Crippen molar-refractivity contribution in [1.82, 2.24) is 21.3 Å². The first-order chi connectivity index (χ1) is 37.7. The molecule has 0 bridgehead atoms. The molecule has 4 amide bonds. The Balaban J connectivity index is 1.49. The van der Waals surface area contributed by atoms with Crippen molar-refractivity contribution >= 4 is 59.4 Å². The molecule has 0 aliphatic carbocycles. The number of ether oxygens (including phenoxy) is 16. The molecule has 30 nitrogen and oxygen atoms in total. The summed E-state index contributed by atoms with van der Waals surface area (Å²) in [5.41, 5.74) is 0. The van der Waals surface area contributed by atoms with E-state index in [4.69, 9.17) is 75.8 Å². The van der Waals surface area contributed by atoms with Crippen LogP contribution in [0.3, 0.4) is 0 Å². The highest BCUT2D eigenvalue weighted by molar-refractivity contribution is 5.76. The van der Waals surface area contributed by atoms with Crippen molar-refractivity contribution < 1.29 is 124 Å². The highest BCUT2D eigenvalue weighted by Gasteiger charge is 2.52. The Hall–Kier alpha value is -5.70. The molecule has 4 N–H and O–H groups in total. The standard InChI is InChI=1S/C49H80N4O26/c1-30(54)52-42-46(76-36(7)60)44(74-34(5)58)38(28-72-32(3)56)78-48(42)70-26-24-68-22-20-66-18-12-50-40(62)10-16-64-14-9-15-65-17-11-41(63)51-13-19-67-21-23-69-25-27-71-49-43(53-31(2)55)47(77-37(8)61)45(75-35(6)59)39(79-49)29-73-33(4)57/h38-39,42-49H,9-29H2,1-8H3,(H,50,62)(H,51,63)(H,52,54)(H,53,55)/t38?,39?,42-,43-,44-,45?,46?,47+,48+,49+/m0/s1. The number of esters is 6. The predicted molar refractivity (Wildman–Crippen MR) is 265 cm³/mol. The zero-order valence-corrected chi connectivity index (χ0v) is 46.2. The Kier molecular flexibility index (Phi) is 35.6. The van der Waals surface area contributed by atoms with Gasteiger partial charge in [0.05, 0.1) is 79.3 Å². The predicted octanol–water partition coefficient (Wildman–Crippen LogP) is -2.17. The Labute approximate surface area is 458 Å². The van der Waals surface area contributed by atoms with Gasteiger partial charge in [0.25, 0.3) is 0 Å². The van der Waals surface area contributed by atoms with E-state index in [2.05, 4.69) is 21.3 Å². The van der Waals surface area contributed by atoms with Crippen LogP contribution in [0, 0.1) is 0 Å². The summed E-state index contributed by atoms with van der Waals surface area (Å²) in [5.74, 6) is -5.61. The molecular formula is C49H80N4O26. The lowest BCUT2D eigenvalue weighted by molar-refractivity contribution is -0.279. The van der Waals surface area contributed by atoms with E-state index in [1.165, 1.54) is 27.7 Å². The van der Waals surface area contributed by atoms with Crippen molar-refractivity contribution in [2.75, 3.05) is 119 Å². The quantitative estimate of drug-likeness (QED) is 0.0288. The summed E-state index contributed by atoms with van der Waals surface area (Å²) in [6.45, 7) is 11.6. The molecule has 452 valence electrons. The van der Waals surface area contributed by atoms with Gasteiger partial charge in [0, 0.05) is 94.5 Å². The summed E-state index contributed by atoms with van der Waals surface area (Å²) < 4.78 is 88.4. The summed E-state index contributed by atoms with van der Waals surface area (Å²) in [4.78, 5) is 119. The van der Waals surface area contributed by atoms with Crippen molar-refractivity contribution in [3.8, 4) is 0 Å². The monoisotopic (exact) mass is 1140 g/mol. The summed E-state index contributed by atoms with van der Waals surface area (Å²) in [6.07, 6.45) is -8.75. The maximum Gasteiger partial charge on any atom is 0.303 e. The van der Waals surface area contributed by atoms with Gasteiger partial charge in [-0.2, -0.15) is 0 Å². The van der Waals surface area contributed by atoms with Crippen LogP contribution >= 0.6 is 0 Å². The number of hydrogen-bond donors (Lipinski definition) is 4. The van der Waals surface area contributed by atoms with Gasteiger partial charge >= 0.3 is 35.8 Å². The van der Waals surface area contributed by atoms with Crippen molar-refractivity contribution in [2.45, 2.75) is 136 Å². The maximum absolute atomic E-state index is 12.2. The Morgan fingerprint density at radius 1 is 0.367 bits per heavy atom. The molecule has 2 aliphatic rings. The van der Waals surface area contributed by atoms with Gasteiger partial charge < -0.3 is 97.1 Å². The van der Waals surface area contributed by atoms with Crippen LogP contribution < -0.4 is 21.3 Å². The number of amides is 4. The molecule has 0 aromatic rings. The van der Waals surface area contributed by atoms with E-state index in [1.807, 2.05) is 0 Å². The highest BCUT2D eigenvalue weighted by Crippen LogP contribution is 2.29. The van der Waals surface area contributed by atoms with Crippen molar-refractivity contribution in [1.29, 1.82) is 0 Å². The number of rotatable bonds is 40. The van der Waals surface area contributed by atoms with E-state index in [0.717, 1.165) is 27.7 Å². The molecule has 0 aromatic heterocycles.